The summed E-state index contributed by atoms with van der Waals surface area (Å²) in [6.45, 7) is 1.68. The summed E-state index contributed by atoms with van der Waals surface area (Å²) in [5, 5.41) is 5.43. The molecule has 3 heterocycles. The van der Waals surface area contributed by atoms with Gasteiger partial charge < -0.3 is 20.3 Å². The van der Waals surface area contributed by atoms with E-state index in [0.29, 0.717) is 41.2 Å². The molecule has 1 fully saturated rings. The number of aryl methyl sites for hydroxylation is 1. The van der Waals surface area contributed by atoms with Gasteiger partial charge in [0.1, 0.15) is 12.3 Å². The van der Waals surface area contributed by atoms with Crippen LogP contribution in [0.25, 0.3) is 0 Å². The molecule has 11 heteroatoms. The molecule has 1 atom stereocenters. The number of hydrogen-bond donors (Lipinski definition) is 2. The number of para-hydroxylation sites is 2. The quantitative estimate of drug-likeness (QED) is 0.683. The smallest absolute Gasteiger partial charge is 0.262 e. The number of nitrogens with one attached hydrogen (secondary N) is 2. The summed E-state index contributed by atoms with van der Waals surface area (Å²) in [6.07, 6.45) is 1.05. The van der Waals surface area contributed by atoms with Crippen molar-refractivity contribution in [1.29, 1.82) is 0 Å². The van der Waals surface area contributed by atoms with Crippen molar-refractivity contribution in [2.45, 2.75) is 24.7 Å². The fraction of sp³-hybridized carbons (Fsp3) is 0.348. The average molecular weight is 485 g/mol. The minimum atomic E-state index is -3.92. The molecule has 0 saturated carbocycles. The molecule has 3 aliphatic rings. The second-order valence-electron chi connectivity index (χ2n) is 8.64. The summed E-state index contributed by atoms with van der Waals surface area (Å²) in [7, 11) is -3.92. The van der Waals surface area contributed by atoms with Gasteiger partial charge in [0.2, 0.25) is 21.8 Å². The molecule has 178 valence electrons. The second-order valence-corrected chi connectivity index (χ2v) is 10.5. The van der Waals surface area contributed by atoms with Gasteiger partial charge in [0.25, 0.3) is 5.91 Å². The van der Waals surface area contributed by atoms with Gasteiger partial charge in [0.05, 0.1) is 27.9 Å². The van der Waals surface area contributed by atoms with E-state index in [2.05, 4.69) is 10.6 Å². The van der Waals surface area contributed by atoms with Crippen molar-refractivity contribution in [3.63, 3.8) is 0 Å². The Morgan fingerprint density at radius 1 is 1.09 bits per heavy atom. The predicted octanol–water partition coefficient (Wildman–Crippen LogP) is 1.71. The zero-order chi connectivity index (χ0) is 24.0. The number of benzene rings is 2. The highest BCUT2D eigenvalue weighted by Gasteiger charge is 2.38. The van der Waals surface area contributed by atoms with Gasteiger partial charge in [-0.05, 0) is 43.5 Å². The van der Waals surface area contributed by atoms with Gasteiger partial charge >= 0.3 is 0 Å². The Morgan fingerprint density at radius 3 is 2.68 bits per heavy atom. The van der Waals surface area contributed by atoms with Crippen LogP contribution in [0.3, 0.4) is 0 Å². The Balaban J connectivity index is 1.40. The van der Waals surface area contributed by atoms with E-state index in [1.165, 1.54) is 15.3 Å². The molecular formula is C23H24N4O6S. The number of carbonyl (C=O) groups is 3. The first-order chi connectivity index (χ1) is 16.2. The van der Waals surface area contributed by atoms with E-state index in [0.717, 1.165) is 0 Å². The van der Waals surface area contributed by atoms with Crippen molar-refractivity contribution in [2.24, 2.45) is 5.92 Å². The molecule has 0 bridgehead atoms. The first-order valence-electron chi connectivity index (χ1n) is 11.0. The number of carbonyl (C=O) groups excluding carboxylic acids is 3. The third kappa shape index (κ3) is 3.90. The highest BCUT2D eigenvalue weighted by Crippen LogP contribution is 2.36. The van der Waals surface area contributed by atoms with E-state index >= 15 is 0 Å². The number of ether oxygens (including phenoxy) is 1. The molecule has 10 nitrogen and oxygen atoms in total. The largest absolute Gasteiger partial charge is 0.482 e. The van der Waals surface area contributed by atoms with E-state index in [4.69, 9.17) is 4.74 Å². The number of anilines is 3. The van der Waals surface area contributed by atoms with Gasteiger partial charge in [-0.3, -0.25) is 14.4 Å². The van der Waals surface area contributed by atoms with E-state index in [1.807, 2.05) is 0 Å². The Labute approximate surface area is 196 Å². The first-order valence-corrected chi connectivity index (χ1v) is 12.5. The van der Waals surface area contributed by atoms with Crippen LogP contribution in [-0.4, -0.2) is 56.7 Å². The van der Waals surface area contributed by atoms with Gasteiger partial charge in [-0.25, -0.2) is 8.42 Å². The summed E-state index contributed by atoms with van der Waals surface area (Å²) in [5.41, 5.74) is 2.07. The molecular weight excluding hydrogens is 460 g/mol. The predicted molar refractivity (Wildman–Crippen MR) is 124 cm³/mol. The second kappa shape index (κ2) is 8.41. The van der Waals surface area contributed by atoms with Gasteiger partial charge in [-0.1, -0.05) is 12.1 Å². The molecule has 3 aliphatic heterocycles. The van der Waals surface area contributed by atoms with Crippen molar-refractivity contribution in [3.8, 4) is 5.75 Å². The topological polar surface area (TPSA) is 125 Å². The van der Waals surface area contributed by atoms with E-state index < -0.39 is 15.9 Å². The zero-order valence-electron chi connectivity index (χ0n) is 18.5. The molecule has 1 unspecified atom stereocenters. The lowest BCUT2D eigenvalue weighted by atomic mass is 9.97. The van der Waals surface area contributed by atoms with Crippen LogP contribution in [0.2, 0.25) is 0 Å². The Kier molecular flexibility index (Phi) is 5.53. The molecule has 5 rings (SSSR count). The molecule has 34 heavy (non-hydrogen) atoms. The standard InChI is InChI=1S/C23H24N4O6S/c1-14-9-17-19(33-13-22(29)25-17)10-20(14)34(31,32)26-8-4-5-15(11-26)23(30)27-12-21(28)24-16-6-2-3-7-18(16)27/h2-3,6-7,9-10,15H,4-5,8,11-13H2,1H3,(H,24,28)(H,25,29). The van der Waals surface area contributed by atoms with Crippen LogP contribution in [0.1, 0.15) is 18.4 Å². The number of amides is 3. The molecule has 0 radical (unpaired) electrons. The third-order valence-corrected chi connectivity index (χ3v) is 8.30. The maximum atomic E-state index is 13.5. The molecule has 3 amide bonds. The van der Waals surface area contributed by atoms with E-state index in [9.17, 15) is 22.8 Å². The van der Waals surface area contributed by atoms with Gasteiger partial charge in [-0.15, -0.1) is 0 Å². The molecule has 0 spiro atoms. The van der Waals surface area contributed by atoms with Crippen molar-refractivity contribution < 1.29 is 27.5 Å². The van der Waals surface area contributed by atoms with Crippen molar-refractivity contribution >= 4 is 44.8 Å². The van der Waals surface area contributed by atoms with Crippen molar-refractivity contribution in [1.82, 2.24) is 4.31 Å². The number of hydrogen-bond acceptors (Lipinski definition) is 6. The third-order valence-electron chi connectivity index (χ3n) is 6.30. The molecule has 0 aliphatic carbocycles. The van der Waals surface area contributed by atoms with Crippen molar-refractivity contribution in [2.75, 3.05) is 41.8 Å². The van der Waals surface area contributed by atoms with Crippen LogP contribution in [0.5, 0.6) is 5.75 Å². The van der Waals surface area contributed by atoms with Crippen LogP contribution >= 0.6 is 0 Å². The number of piperidine rings is 1. The van der Waals surface area contributed by atoms with Crippen LogP contribution < -0.4 is 20.3 Å². The lowest BCUT2D eigenvalue weighted by Crippen LogP contribution is -2.50. The number of nitrogens with zero attached hydrogens (tertiary/aromatic N) is 2. The Bertz CT molecular complexity index is 1310. The molecule has 2 aromatic carbocycles. The van der Waals surface area contributed by atoms with Crippen LogP contribution in [0, 0.1) is 12.8 Å². The maximum absolute atomic E-state index is 13.5. The summed E-state index contributed by atoms with van der Waals surface area (Å²) < 4.78 is 33.8. The van der Waals surface area contributed by atoms with Crippen LogP contribution in [0.15, 0.2) is 41.3 Å². The SMILES string of the molecule is Cc1cc2c(cc1S(=O)(=O)N1CCCC(C(=O)N3CC(=O)Nc4ccccc43)C1)OCC(=O)N2. The maximum Gasteiger partial charge on any atom is 0.262 e. The molecule has 1 saturated heterocycles. The van der Waals surface area contributed by atoms with Gasteiger partial charge in [-0.2, -0.15) is 4.31 Å². The van der Waals surface area contributed by atoms with Gasteiger partial charge in [0.15, 0.2) is 6.61 Å². The Hall–Kier alpha value is -3.44. The molecule has 0 aromatic heterocycles. The summed E-state index contributed by atoms with van der Waals surface area (Å²) in [6, 6.07) is 10.1. The number of rotatable bonds is 3. The summed E-state index contributed by atoms with van der Waals surface area (Å²) in [5.74, 6) is -1.13. The summed E-state index contributed by atoms with van der Waals surface area (Å²) >= 11 is 0. The number of fused-ring (bicyclic) bond motifs is 2. The van der Waals surface area contributed by atoms with Crippen LogP contribution in [-0.2, 0) is 24.4 Å². The minimum Gasteiger partial charge on any atom is -0.482 e. The molecule has 2 N–H and O–H groups in total. The zero-order valence-corrected chi connectivity index (χ0v) is 19.4. The fourth-order valence-corrected chi connectivity index (χ4v) is 6.39. The van der Waals surface area contributed by atoms with E-state index in [-0.39, 0.29) is 48.9 Å². The monoisotopic (exact) mass is 484 g/mol. The first kappa shape index (κ1) is 22.4. The van der Waals surface area contributed by atoms with Crippen LogP contribution in [0.4, 0.5) is 17.1 Å². The van der Waals surface area contributed by atoms with Gasteiger partial charge in [0, 0.05) is 19.2 Å². The lowest BCUT2D eigenvalue weighted by molar-refractivity contribution is -0.125. The van der Waals surface area contributed by atoms with E-state index in [1.54, 1.807) is 37.3 Å². The molecule has 2 aromatic rings. The Morgan fingerprint density at radius 2 is 1.85 bits per heavy atom. The van der Waals surface area contributed by atoms with Crippen molar-refractivity contribution in [3.05, 3.63) is 42.0 Å². The highest BCUT2D eigenvalue weighted by molar-refractivity contribution is 7.89. The minimum absolute atomic E-state index is 0.0234. The number of sulfonamides is 1. The lowest BCUT2D eigenvalue weighted by Gasteiger charge is -2.36. The highest BCUT2D eigenvalue weighted by atomic mass is 32.2. The normalized spacial score (nSPS) is 20.5. The summed E-state index contributed by atoms with van der Waals surface area (Å²) in [4.78, 5) is 38.7. The average Bonchev–Trinajstić information content (AvgIpc) is 2.82. The fourth-order valence-electron chi connectivity index (χ4n) is 4.65.